The van der Waals surface area contributed by atoms with E-state index in [0.29, 0.717) is 12.5 Å². The third kappa shape index (κ3) is 4.92. The molecular formula is C11H23N3O2. The molecule has 2 unspecified atom stereocenters. The fraction of sp³-hybridized carbons (Fsp3) is 0.909. The van der Waals surface area contributed by atoms with E-state index in [-0.39, 0.29) is 12.5 Å². The summed E-state index contributed by atoms with van der Waals surface area (Å²) in [5.41, 5.74) is 5.74. The summed E-state index contributed by atoms with van der Waals surface area (Å²) in [6, 6.07) is -0.262. The molecule has 1 aliphatic heterocycles. The van der Waals surface area contributed by atoms with Gasteiger partial charge in [-0.25, -0.2) is 0 Å². The van der Waals surface area contributed by atoms with Gasteiger partial charge in [0, 0.05) is 25.7 Å². The van der Waals surface area contributed by atoms with Gasteiger partial charge < -0.3 is 20.6 Å². The average molecular weight is 229 g/mol. The quantitative estimate of drug-likeness (QED) is 0.653. The van der Waals surface area contributed by atoms with E-state index >= 15 is 0 Å². The molecule has 1 aliphatic rings. The topological polar surface area (TPSA) is 69.8 Å². The van der Waals surface area contributed by atoms with E-state index in [1.807, 2.05) is 7.05 Å². The second-order valence-electron chi connectivity index (χ2n) is 5.00. The molecule has 16 heavy (non-hydrogen) atoms. The standard InChI is InChI=1S/C11H23N3O2/c1-13-4-3-9(6-13)7-14(2)8-10(12)5-11(15)16/h9-10H,3-8,12H2,1-2H3,(H,15,16). The summed E-state index contributed by atoms with van der Waals surface area (Å²) < 4.78 is 0. The number of rotatable bonds is 6. The van der Waals surface area contributed by atoms with Crippen molar-refractivity contribution in [2.75, 3.05) is 40.3 Å². The molecule has 0 spiro atoms. The lowest BCUT2D eigenvalue weighted by Gasteiger charge is -2.23. The fourth-order valence-corrected chi connectivity index (χ4v) is 2.38. The van der Waals surface area contributed by atoms with Crippen molar-refractivity contribution in [2.24, 2.45) is 11.7 Å². The lowest BCUT2D eigenvalue weighted by atomic mass is 10.1. The summed E-state index contributed by atoms with van der Waals surface area (Å²) >= 11 is 0. The molecule has 0 aromatic carbocycles. The summed E-state index contributed by atoms with van der Waals surface area (Å²) in [6.07, 6.45) is 1.28. The highest BCUT2D eigenvalue weighted by molar-refractivity contribution is 5.67. The van der Waals surface area contributed by atoms with Crippen molar-refractivity contribution in [3.05, 3.63) is 0 Å². The third-order valence-corrected chi connectivity index (χ3v) is 3.04. The number of likely N-dealkylation sites (N-methyl/N-ethyl adjacent to an activating group) is 1. The summed E-state index contributed by atoms with van der Waals surface area (Å²) in [5.74, 6) is -0.117. The first kappa shape index (κ1) is 13.4. The van der Waals surface area contributed by atoms with Crippen LogP contribution in [0.25, 0.3) is 0 Å². The number of aliphatic carboxylic acids is 1. The van der Waals surface area contributed by atoms with Crippen molar-refractivity contribution < 1.29 is 9.90 Å². The Morgan fingerprint density at radius 2 is 2.38 bits per heavy atom. The molecule has 1 fully saturated rings. The summed E-state index contributed by atoms with van der Waals surface area (Å²) in [7, 11) is 4.15. The van der Waals surface area contributed by atoms with Crippen LogP contribution in [0.3, 0.4) is 0 Å². The highest BCUT2D eigenvalue weighted by Gasteiger charge is 2.21. The molecule has 5 nitrogen and oxygen atoms in total. The second kappa shape index (κ2) is 6.18. The van der Waals surface area contributed by atoms with Crippen molar-refractivity contribution in [1.82, 2.24) is 9.80 Å². The minimum Gasteiger partial charge on any atom is -0.481 e. The van der Waals surface area contributed by atoms with E-state index in [2.05, 4.69) is 16.8 Å². The number of hydrogen-bond donors (Lipinski definition) is 2. The Morgan fingerprint density at radius 3 is 2.88 bits per heavy atom. The van der Waals surface area contributed by atoms with Gasteiger partial charge in [-0.1, -0.05) is 0 Å². The van der Waals surface area contributed by atoms with Crippen molar-refractivity contribution in [3.63, 3.8) is 0 Å². The fourth-order valence-electron chi connectivity index (χ4n) is 2.38. The van der Waals surface area contributed by atoms with Crippen LogP contribution in [0, 0.1) is 5.92 Å². The predicted octanol–water partition coefficient (Wildman–Crippen LogP) is -0.328. The number of carboxylic acids is 1. The molecule has 0 bridgehead atoms. The zero-order valence-electron chi connectivity index (χ0n) is 10.2. The molecule has 1 saturated heterocycles. The van der Waals surface area contributed by atoms with Gasteiger partial charge in [0.2, 0.25) is 0 Å². The number of nitrogens with zero attached hydrogens (tertiary/aromatic N) is 2. The summed E-state index contributed by atoms with van der Waals surface area (Å²) in [5, 5.41) is 8.61. The number of carbonyl (C=O) groups is 1. The zero-order chi connectivity index (χ0) is 12.1. The molecule has 0 radical (unpaired) electrons. The Hall–Kier alpha value is -0.650. The first-order chi connectivity index (χ1) is 7.47. The molecule has 0 aliphatic carbocycles. The highest BCUT2D eigenvalue weighted by Crippen LogP contribution is 2.15. The van der Waals surface area contributed by atoms with Gasteiger partial charge in [-0.15, -0.1) is 0 Å². The second-order valence-corrected chi connectivity index (χ2v) is 5.00. The van der Waals surface area contributed by atoms with E-state index in [1.54, 1.807) is 0 Å². The van der Waals surface area contributed by atoms with Crippen molar-refractivity contribution in [2.45, 2.75) is 18.9 Å². The maximum Gasteiger partial charge on any atom is 0.304 e. The van der Waals surface area contributed by atoms with Crippen LogP contribution in [0.4, 0.5) is 0 Å². The van der Waals surface area contributed by atoms with Crippen molar-refractivity contribution in [1.29, 1.82) is 0 Å². The molecule has 3 N–H and O–H groups in total. The van der Waals surface area contributed by atoms with Gasteiger partial charge in [0.1, 0.15) is 0 Å². The normalized spacial score (nSPS) is 23.9. The minimum atomic E-state index is -0.818. The Balaban J connectivity index is 2.19. The predicted molar refractivity (Wildman–Crippen MR) is 63.3 cm³/mol. The Bertz CT molecular complexity index is 235. The Labute approximate surface area is 97.2 Å². The van der Waals surface area contributed by atoms with Crippen LogP contribution in [0.2, 0.25) is 0 Å². The third-order valence-electron chi connectivity index (χ3n) is 3.04. The van der Waals surface area contributed by atoms with Crippen LogP contribution in [0.1, 0.15) is 12.8 Å². The highest BCUT2D eigenvalue weighted by atomic mass is 16.4. The lowest BCUT2D eigenvalue weighted by Crippen LogP contribution is -2.39. The molecule has 94 valence electrons. The van der Waals surface area contributed by atoms with Crippen LogP contribution in [-0.2, 0) is 4.79 Å². The summed E-state index contributed by atoms with van der Waals surface area (Å²) in [6.45, 7) is 3.97. The Morgan fingerprint density at radius 1 is 1.69 bits per heavy atom. The van der Waals surface area contributed by atoms with Crippen molar-refractivity contribution in [3.8, 4) is 0 Å². The lowest BCUT2D eigenvalue weighted by molar-refractivity contribution is -0.137. The SMILES string of the molecule is CN1CCC(CN(C)CC(N)CC(=O)O)C1. The van der Waals surface area contributed by atoms with Crippen LogP contribution in [-0.4, -0.2) is 67.2 Å². The van der Waals surface area contributed by atoms with Crippen LogP contribution in [0.5, 0.6) is 0 Å². The zero-order valence-corrected chi connectivity index (χ0v) is 10.2. The van der Waals surface area contributed by atoms with Crippen molar-refractivity contribution >= 4 is 5.97 Å². The van der Waals surface area contributed by atoms with Gasteiger partial charge >= 0.3 is 5.97 Å². The van der Waals surface area contributed by atoms with E-state index in [9.17, 15) is 4.79 Å². The molecule has 0 aromatic heterocycles. The van der Waals surface area contributed by atoms with E-state index in [0.717, 1.165) is 13.1 Å². The number of carboxylic acid groups (broad SMARTS) is 1. The van der Waals surface area contributed by atoms with Gasteiger partial charge in [-0.2, -0.15) is 0 Å². The number of likely N-dealkylation sites (tertiary alicyclic amines) is 1. The number of nitrogens with two attached hydrogens (primary N) is 1. The van der Waals surface area contributed by atoms with E-state index in [1.165, 1.54) is 13.0 Å². The maximum atomic E-state index is 10.5. The largest absolute Gasteiger partial charge is 0.481 e. The first-order valence-corrected chi connectivity index (χ1v) is 5.82. The maximum absolute atomic E-state index is 10.5. The monoisotopic (exact) mass is 229 g/mol. The van der Waals surface area contributed by atoms with E-state index in [4.69, 9.17) is 10.8 Å². The molecule has 0 saturated carbocycles. The van der Waals surface area contributed by atoms with E-state index < -0.39 is 5.97 Å². The first-order valence-electron chi connectivity index (χ1n) is 5.82. The molecule has 5 heteroatoms. The van der Waals surface area contributed by atoms with Crippen LogP contribution < -0.4 is 5.73 Å². The molecule has 1 rings (SSSR count). The Kier molecular flexibility index (Phi) is 5.18. The van der Waals surface area contributed by atoms with Gasteiger partial charge in [-0.3, -0.25) is 4.79 Å². The number of hydrogen-bond acceptors (Lipinski definition) is 4. The van der Waals surface area contributed by atoms with Crippen LogP contribution in [0.15, 0.2) is 0 Å². The molecule has 0 aromatic rings. The molecular weight excluding hydrogens is 206 g/mol. The van der Waals surface area contributed by atoms with Crippen LogP contribution >= 0.6 is 0 Å². The minimum absolute atomic E-state index is 0.0505. The molecule has 2 atom stereocenters. The van der Waals surface area contributed by atoms with Gasteiger partial charge in [0.05, 0.1) is 6.42 Å². The average Bonchev–Trinajstić information content (AvgIpc) is 2.48. The van der Waals surface area contributed by atoms with Gasteiger partial charge in [0.25, 0.3) is 0 Å². The molecule has 0 amide bonds. The summed E-state index contributed by atoms with van der Waals surface area (Å²) in [4.78, 5) is 15.0. The van der Waals surface area contributed by atoms with Gasteiger partial charge in [-0.05, 0) is 33.0 Å². The molecule has 1 heterocycles. The van der Waals surface area contributed by atoms with Gasteiger partial charge in [0.15, 0.2) is 0 Å². The smallest absolute Gasteiger partial charge is 0.304 e.